The Morgan fingerprint density at radius 2 is 1.90 bits per heavy atom. The van der Waals surface area contributed by atoms with E-state index in [0.717, 1.165) is 15.6 Å². The Kier molecular flexibility index (Phi) is 5.04. The number of esters is 1. The number of nitrogens with two attached hydrogens (primary N) is 1. The van der Waals surface area contributed by atoms with Crippen molar-refractivity contribution in [2.75, 3.05) is 5.73 Å². The molecule has 0 aliphatic heterocycles. The molecule has 104 valence electrons. The molecule has 2 N–H and O–H groups in total. The molecule has 0 fully saturated rings. The van der Waals surface area contributed by atoms with Crippen LogP contribution < -0.4 is 5.73 Å². The van der Waals surface area contributed by atoms with Gasteiger partial charge in [0.2, 0.25) is 0 Å². The van der Waals surface area contributed by atoms with Crippen molar-refractivity contribution in [1.29, 1.82) is 0 Å². The van der Waals surface area contributed by atoms with Crippen LogP contribution in [-0.2, 0) is 22.6 Å². The largest absolute Gasteiger partial charge is 0.461 e. The molecule has 0 bridgehead atoms. The predicted molar refractivity (Wildman–Crippen MR) is 83.5 cm³/mol. The summed E-state index contributed by atoms with van der Waals surface area (Å²) in [4.78, 5) is 11.7. The van der Waals surface area contributed by atoms with Gasteiger partial charge in [0, 0.05) is 20.7 Å². The van der Waals surface area contributed by atoms with Crippen LogP contribution in [0.25, 0.3) is 0 Å². The Labute approximate surface area is 130 Å². The van der Waals surface area contributed by atoms with Crippen LogP contribution in [0.5, 0.6) is 0 Å². The zero-order valence-electron chi connectivity index (χ0n) is 10.6. The van der Waals surface area contributed by atoms with Crippen LogP contribution in [0.4, 0.5) is 5.69 Å². The number of carbonyl (C=O) groups is 1. The van der Waals surface area contributed by atoms with E-state index in [0.29, 0.717) is 10.7 Å². The fourth-order valence-electron chi connectivity index (χ4n) is 1.65. The van der Waals surface area contributed by atoms with E-state index in [2.05, 4.69) is 15.9 Å². The molecular formula is C15H13BrClNO2. The van der Waals surface area contributed by atoms with E-state index in [4.69, 9.17) is 22.1 Å². The lowest BCUT2D eigenvalue weighted by molar-refractivity contribution is -0.144. The van der Waals surface area contributed by atoms with Crippen LogP contribution in [0.1, 0.15) is 11.1 Å². The molecule has 0 aromatic heterocycles. The number of ether oxygens (including phenoxy) is 1. The van der Waals surface area contributed by atoms with Gasteiger partial charge >= 0.3 is 5.97 Å². The maximum atomic E-state index is 11.7. The second-order valence-electron chi connectivity index (χ2n) is 4.31. The second-order valence-corrected chi connectivity index (χ2v) is 5.64. The van der Waals surface area contributed by atoms with Gasteiger partial charge in [0.15, 0.2) is 0 Å². The lowest BCUT2D eigenvalue weighted by Crippen LogP contribution is -2.08. The highest BCUT2D eigenvalue weighted by Gasteiger charge is 2.07. The van der Waals surface area contributed by atoms with E-state index in [9.17, 15) is 4.79 Å². The van der Waals surface area contributed by atoms with Crippen molar-refractivity contribution < 1.29 is 9.53 Å². The van der Waals surface area contributed by atoms with Crippen molar-refractivity contribution in [3.8, 4) is 0 Å². The summed E-state index contributed by atoms with van der Waals surface area (Å²) in [5, 5.41) is 0.569. The number of hydrogen-bond donors (Lipinski definition) is 1. The third kappa shape index (κ3) is 4.25. The molecule has 2 aromatic rings. The highest BCUT2D eigenvalue weighted by molar-refractivity contribution is 9.10. The van der Waals surface area contributed by atoms with Gasteiger partial charge in [-0.25, -0.2) is 0 Å². The SMILES string of the molecule is Nc1ccc(CC(=O)OCc2ccc(Br)cc2Cl)cc1. The van der Waals surface area contributed by atoms with Crippen molar-refractivity contribution in [2.24, 2.45) is 0 Å². The highest BCUT2D eigenvalue weighted by atomic mass is 79.9. The molecule has 0 aliphatic rings. The Morgan fingerprint density at radius 1 is 1.20 bits per heavy atom. The fourth-order valence-corrected chi connectivity index (χ4v) is 2.38. The highest BCUT2D eigenvalue weighted by Crippen LogP contribution is 2.22. The fraction of sp³-hybridized carbons (Fsp3) is 0.133. The Bertz CT molecular complexity index is 614. The van der Waals surface area contributed by atoms with Crippen LogP contribution in [0, 0.1) is 0 Å². The molecule has 0 radical (unpaired) electrons. The van der Waals surface area contributed by atoms with Crippen LogP contribution in [0.3, 0.4) is 0 Å². The van der Waals surface area contributed by atoms with Crippen LogP contribution in [0.2, 0.25) is 5.02 Å². The molecule has 0 atom stereocenters. The quantitative estimate of drug-likeness (QED) is 0.667. The minimum atomic E-state index is -0.297. The summed E-state index contributed by atoms with van der Waals surface area (Å²) < 4.78 is 6.10. The van der Waals surface area contributed by atoms with Gasteiger partial charge in [0.05, 0.1) is 6.42 Å². The average Bonchev–Trinajstić information content (AvgIpc) is 2.40. The van der Waals surface area contributed by atoms with Crippen molar-refractivity contribution in [3.63, 3.8) is 0 Å². The molecule has 0 saturated carbocycles. The zero-order valence-corrected chi connectivity index (χ0v) is 12.9. The van der Waals surface area contributed by atoms with Gasteiger partial charge in [0.1, 0.15) is 6.61 Å². The number of anilines is 1. The normalized spacial score (nSPS) is 10.3. The summed E-state index contributed by atoms with van der Waals surface area (Å²) in [5.74, 6) is -0.297. The maximum absolute atomic E-state index is 11.7. The minimum Gasteiger partial charge on any atom is -0.461 e. The molecule has 0 heterocycles. The summed E-state index contributed by atoms with van der Waals surface area (Å²) in [6, 6.07) is 12.6. The number of benzene rings is 2. The molecule has 2 aromatic carbocycles. The van der Waals surface area contributed by atoms with E-state index in [-0.39, 0.29) is 19.0 Å². The number of carbonyl (C=O) groups excluding carboxylic acids is 1. The first-order chi connectivity index (χ1) is 9.54. The summed E-state index contributed by atoms with van der Waals surface area (Å²) in [6.07, 6.45) is 0.217. The van der Waals surface area contributed by atoms with Gasteiger partial charge in [-0.05, 0) is 29.8 Å². The van der Waals surface area contributed by atoms with Crippen LogP contribution in [0.15, 0.2) is 46.9 Å². The average molecular weight is 355 g/mol. The lowest BCUT2D eigenvalue weighted by Gasteiger charge is -2.07. The zero-order chi connectivity index (χ0) is 14.5. The lowest BCUT2D eigenvalue weighted by atomic mass is 10.1. The first-order valence-electron chi connectivity index (χ1n) is 5.98. The smallest absolute Gasteiger partial charge is 0.310 e. The molecular weight excluding hydrogens is 342 g/mol. The topological polar surface area (TPSA) is 52.3 Å². The first kappa shape index (κ1) is 14.9. The summed E-state index contributed by atoms with van der Waals surface area (Å²) in [6.45, 7) is 0.167. The monoisotopic (exact) mass is 353 g/mol. The van der Waals surface area contributed by atoms with Crippen LogP contribution in [-0.4, -0.2) is 5.97 Å². The van der Waals surface area contributed by atoms with Crippen LogP contribution >= 0.6 is 27.5 Å². The third-order valence-corrected chi connectivity index (χ3v) is 3.58. The molecule has 0 amide bonds. The van der Waals surface area contributed by atoms with Crippen molar-refractivity contribution in [3.05, 3.63) is 63.1 Å². The Balaban J connectivity index is 1.90. The number of nitrogen functional groups attached to an aromatic ring is 1. The van der Waals surface area contributed by atoms with Gasteiger partial charge in [-0.1, -0.05) is 45.7 Å². The van der Waals surface area contributed by atoms with Gasteiger partial charge in [0.25, 0.3) is 0 Å². The first-order valence-corrected chi connectivity index (χ1v) is 7.15. The minimum absolute atomic E-state index is 0.167. The van der Waals surface area contributed by atoms with E-state index < -0.39 is 0 Å². The third-order valence-electron chi connectivity index (χ3n) is 2.73. The van der Waals surface area contributed by atoms with Crippen molar-refractivity contribution in [2.45, 2.75) is 13.0 Å². The van der Waals surface area contributed by atoms with Crippen molar-refractivity contribution >= 4 is 39.2 Å². The molecule has 0 aliphatic carbocycles. The van der Waals surface area contributed by atoms with Gasteiger partial charge in [-0.2, -0.15) is 0 Å². The molecule has 20 heavy (non-hydrogen) atoms. The van der Waals surface area contributed by atoms with E-state index in [1.54, 1.807) is 18.2 Å². The number of hydrogen-bond acceptors (Lipinski definition) is 3. The Morgan fingerprint density at radius 3 is 2.55 bits per heavy atom. The standard InChI is InChI=1S/C15H13BrClNO2/c16-12-4-3-11(14(17)8-12)9-20-15(19)7-10-1-5-13(18)6-2-10/h1-6,8H,7,9,18H2. The second kappa shape index (κ2) is 6.77. The number of rotatable bonds is 4. The predicted octanol–water partition coefficient (Wildman–Crippen LogP) is 3.97. The molecule has 0 unspecified atom stereocenters. The molecule has 2 rings (SSSR count). The molecule has 3 nitrogen and oxygen atoms in total. The molecule has 0 saturated heterocycles. The van der Waals surface area contributed by atoms with Gasteiger partial charge in [-0.3, -0.25) is 4.79 Å². The maximum Gasteiger partial charge on any atom is 0.310 e. The van der Waals surface area contributed by atoms with Gasteiger partial charge in [-0.15, -0.1) is 0 Å². The van der Waals surface area contributed by atoms with E-state index in [1.807, 2.05) is 24.3 Å². The van der Waals surface area contributed by atoms with Gasteiger partial charge < -0.3 is 10.5 Å². The summed E-state index contributed by atoms with van der Waals surface area (Å²) in [5.41, 5.74) is 7.90. The van der Waals surface area contributed by atoms with E-state index >= 15 is 0 Å². The summed E-state index contributed by atoms with van der Waals surface area (Å²) >= 11 is 9.38. The summed E-state index contributed by atoms with van der Waals surface area (Å²) in [7, 11) is 0. The number of halogens is 2. The Hall–Kier alpha value is -1.52. The van der Waals surface area contributed by atoms with E-state index in [1.165, 1.54) is 0 Å². The molecule has 5 heteroatoms. The molecule has 0 spiro atoms. The van der Waals surface area contributed by atoms with Crippen molar-refractivity contribution in [1.82, 2.24) is 0 Å².